The van der Waals surface area contributed by atoms with Crippen molar-refractivity contribution >= 4 is 17.1 Å². The third-order valence-electron chi connectivity index (χ3n) is 5.66. The molecule has 1 saturated carbocycles. The van der Waals surface area contributed by atoms with Crippen LogP contribution in [0.3, 0.4) is 0 Å². The summed E-state index contributed by atoms with van der Waals surface area (Å²) in [5.41, 5.74) is 4.02. The number of fused-ring (bicyclic) bond motifs is 2. The Hall–Kier alpha value is -2.79. The molecular weight excluding hydrogens is 342 g/mol. The highest BCUT2D eigenvalue weighted by atomic mass is 16.5. The number of hydrogen-bond donors (Lipinski definition) is 3. The van der Waals surface area contributed by atoms with E-state index in [0.717, 1.165) is 35.1 Å². The van der Waals surface area contributed by atoms with Gasteiger partial charge in [0.2, 0.25) is 5.91 Å². The first-order valence-corrected chi connectivity index (χ1v) is 9.39. The van der Waals surface area contributed by atoms with Crippen molar-refractivity contribution in [2.45, 2.75) is 37.5 Å². The second-order valence-corrected chi connectivity index (χ2v) is 7.59. The van der Waals surface area contributed by atoms with Gasteiger partial charge in [-0.2, -0.15) is 0 Å². The normalized spacial score (nSPS) is 26.4. The van der Waals surface area contributed by atoms with E-state index in [1.165, 1.54) is 0 Å². The van der Waals surface area contributed by atoms with E-state index in [9.17, 15) is 15.0 Å². The molecule has 2 aromatic rings. The minimum absolute atomic E-state index is 0.0750. The molecule has 2 fully saturated rings. The molecule has 1 amide bonds. The molecule has 3 unspecified atom stereocenters. The number of amides is 1. The van der Waals surface area contributed by atoms with Gasteiger partial charge in [-0.25, -0.2) is 0 Å². The number of phenols is 2. The lowest BCUT2D eigenvalue weighted by Crippen LogP contribution is -2.37. The van der Waals surface area contributed by atoms with Crippen LogP contribution in [0.2, 0.25) is 0 Å². The van der Waals surface area contributed by atoms with Gasteiger partial charge in [0.25, 0.3) is 0 Å². The molecule has 5 nitrogen and oxygen atoms in total. The van der Waals surface area contributed by atoms with E-state index in [-0.39, 0.29) is 35.5 Å². The fourth-order valence-electron chi connectivity index (χ4n) is 4.19. The predicted molar refractivity (Wildman–Crippen MR) is 101 cm³/mol. The first kappa shape index (κ1) is 16.4. The largest absolute Gasteiger partial charge is 0.508 e. The number of carbonyl (C=O) groups excluding carboxylic acids is 1. The van der Waals surface area contributed by atoms with E-state index in [4.69, 9.17) is 4.74 Å². The zero-order valence-electron chi connectivity index (χ0n) is 14.8. The quantitative estimate of drug-likeness (QED) is 0.780. The van der Waals surface area contributed by atoms with Crippen LogP contribution in [0.1, 0.15) is 30.4 Å². The number of nitrogens with one attached hydrogen (secondary N) is 1. The summed E-state index contributed by atoms with van der Waals surface area (Å²) in [6.45, 7) is 0. The van der Waals surface area contributed by atoms with E-state index < -0.39 is 0 Å². The lowest BCUT2D eigenvalue weighted by atomic mass is 9.78. The number of benzene rings is 2. The summed E-state index contributed by atoms with van der Waals surface area (Å²) < 4.78 is 6.24. The summed E-state index contributed by atoms with van der Waals surface area (Å²) in [6, 6.07) is 14.5. The second kappa shape index (κ2) is 6.13. The summed E-state index contributed by atoms with van der Waals surface area (Å²) >= 11 is 0. The van der Waals surface area contributed by atoms with Crippen LogP contribution in [-0.2, 0) is 9.53 Å². The van der Waals surface area contributed by atoms with Gasteiger partial charge in [0.1, 0.15) is 11.5 Å². The van der Waals surface area contributed by atoms with Crippen molar-refractivity contribution in [2.24, 2.45) is 5.92 Å². The minimum atomic E-state index is -0.290. The molecule has 2 heterocycles. The van der Waals surface area contributed by atoms with E-state index >= 15 is 0 Å². The van der Waals surface area contributed by atoms with Gasteiger partial charge in [-0.1, -0.05) is 24.3 Å². The van der Waals surface area contributed by atoms with Crippen LogP contribution in [0, 0.1) is 5.92 Å². The lowest BCUT2D eigenvalue weighted by Gasteiger charge is -2.24. The zero-order chi connectivity index (χ0) is 18.5. The van der Waals surface area contributed by atoms with E-state index in [2.05, 4.69) is 5.32 Å². The van der Waals surface area contributed by atoms with Crippen molar-refractivity contribution in [1.82, 2.24) is 5.32 Å². The highest BCUT2D eigenvalue weighted by Crippen LogP contribution is 2.51. The maximum Gasteiger partial charge on any atom is 0.226 e. The molecule has 0 spiro atoms. The minimum Gasteiger partial charge on any atom is -0.508 e. The van der Waals surface area contributed by atoms with Gasteiger partial charge in [0, 0.05) is 6.04 Å². The smallest absolute Gasteiger partial charge is 0.226 e. The third kappa shape index (κ3) is 2.88. The van der Waals surface area contributed by atoms with Crippen LogP contribution >= 0.6 is 0 Å². The van der Waals surface area contributed by atoms with Gasteiger partial charge in [-0.15, -0.1) is 0 Å². The first-order valence-electron chi connectivity index (χ1n) is 9.39. The fraction of sp³-hybridized carbons (Fsp3) is 0.318. The van der Waals surface area contributed by atoms with E-state index in [1.807, 2.05) is 24.3 Å². The molecule has 2 aliphatic heterocycles. The Morgan fingerprint density at radius 2 is 1.44 bits per heavy atom. The van der Waals surface area contributed by atoms with Crippen LogP contribution in [0.15, 0.2) is 48.5 Å². The van der Waals surface area contributed by atoms with Crippen LogP contribution in [-0.4, -0.2) is 34.4 Å². The molecule has 3 N–H and O–H groups in total. The number of aromatic hydroxyl groups is 2. The number of carbonyl (C=O) groups is 1. The second-order valence-electron chi connectivity index (χ2n) is 7.59. The summed E-state index contributed by atoms with van der Waals surface area (Å²) in [7, 11) is 0. The van der Waals surface area contributed by atoms with Gasteiger partial charge in [-0.05, 0) is 65.8 Å². The summed E-state index contributed by atoms with van der Waals surface area (Å²) in [5.74, 6) is 0.306. The number of phenolic OH excluding ortho intramolecular Hbond substituents is 2. The van der Waals surface area contributed by atoms with Crippen LogP contribution in [0.4, 0.5) is 0 Å². The van der Waals surface area contributed by atoms with Crippen LogP contribution < -0.4 is 5.32 Å². The van der Waals surface area contributed by atoms with Crippen molar-refractivity contribution in [1.29, 1.82) is 0 Å². The standard InChI is InChI=1S/C22H21NO4/c24-15-7-1-12(2-8-15)19-18-11-17(22(26)23-14-5-6-14)21(27-18)20(19)13-3-9-16(25)10-4-13/h1-4,7-10,14,17-18,21,24-25H,5-6,11H2,(H,23,26). The molecule has 1 saturated heterocycles. The molecule has 0 radical (unpaired) electrons. The maximum absolute atomic E-state index is 12.7. The zero-order valence-corrected chi connectivity index (χ0v) is 14.8. The summed E-state index contributed by atoms with van der Waals surface area (Å²) in [6.07, 6.45) is 2.36. The third-order valence-corrected chi connectivity index (χ3v) is 5.66. The van der Waals surface area contributed by atoms with Gasteiger partial charge >= 0.3 is 0 Å². The monoisotopic (exact) mass is 363 g/mol. The number of ether oxygens (including phenoxy) is 1. The lowest BCUT2D eigenvalue weighted by molar-refractivity contribution is -0.125. The van der Waals surface area contributed by atoms with Gasteiger partial charge in [-0.3, -0.25) is 4.79 Å². The summed E-state index contributed by atoms with van der Waals surface area (Å²) in [5, 5.41) is 22.4. The van der Waals surface area contributed by atoms with Gasteiger partial charge in [0.05, 0.1) is 18.1 Å². The van der Waals surface area contributed by atoms with Gasteiger partial charge < -0.3 is 20.3 Å². The van der Waals surface area contributed by atoms with Crippen LogP contribution in [0.25, 0.3) is 11.1 Å². The molecule has 3 aliphatic rings. The molecule has 5 heteroatoms. The van der Waals surface area contributed by atoms with E-state index in [1.54, 1.807) is 24.3 Å². The SMILES string of the molecule is O=C(NC1CC1)C1CC2OC1C(c1ccc(O)cc1)=C2c1ccc(O)cc1. The molecule has 1 aliphatic carbocycles. The molecule has 5 rings (SSSR count). The van der Waals surface area contributed by atoms with Crippen molar-refractivity contribution in [2.75, 3.05) is 0 Å². The Balaban J connectivity index is 1.57. The molecule has 0 aromatic heterocycles. The average Bonchev–Trinajstić information content (AvgIpc) is 3.26. The Bertz CT molecular complexity index is 912. The highest BCUT2D eigenvalue weighted by Gasteiger charge is 2.50. The number of hydrogen-bond acceptors (Lipinski definition) is 4. The van der Waals surface area contributed by atoms with E-state index in [0.29, 0.717) is 12.5 Å². The molecule has 2 bridgehead atoms. The first-order chi connectivity index (χ1) is 13.1. The Morgan fingerprint density at radius 1 is 0.889 bits per heavy atom. The van der Waals surface area contributed by atoms with Crippen molar-refractivity contribution in [3.63, 3.8) is 0 Å². The van der Waals surface area contributed by atoms with Crippen molar-refractivity contribution in [3.05, 3.63) is 59.7 Å². The summed E-state index contributed by atoms with van der Waals surface area (Å²) in [4.78, 5) is 12.7. The number of rotatable bonds is 4. The Labute approximate surface area is 157 Å². The topological polar surface area (TPSA) is 78.8 Å². The van der Waals surface area contributed by atoms with Crippen LogP contribution in [0.5, 0.6) is 11.5 Å². The van der Waals surface area contributed by atoms with Crippen molar-refractivity contribution in [3.8, 4) is 11.5 Å². The Kier molecular flexibility index (Phi) is 3.72. The highest BCUT2D eigenvalue weighted by molar-refractivity contribution is 6.00. The molecule has 138 valence electrons. The van der Waals surface area contributed by atoms with Gasteiger partial charge in [0.15, 0.2) is 0 Å². The van der Waals surface area contributed by atoms with Crippen molar-refractivity contribution < 1.29 is 19.7 Å². The fourth-order valence-corrected chi connectivity index (χ4v) is 4.19. The molecule has 3 atom stereocenters. The Morgan fingerprint density at radius 3 is 2.00 bits per heavy atom. The predicted octanol–water partition coefficient (Wildman–Crippen LogP) is 3.07. The molecule has 2 aromatic carbocycles. The molecule has 27 heavy (non-hydrogen) atoms. The molecular formula is C22H21NO4. The maximum atomic E-state index is 12.7. The average molecular weight is 363 g/mol.